The van der Waals surface area contributed by atoms with Gasteiger partial charge in [-0.1, -0.05) is 53.5 Å². The van der Waals surface area contributed by atoms with E-state index in [1.807, 2.05) is 42.5 Å². The number of amides is 1. The van der Waals surface area contributed by atoms with Crippen LogP contribution in [0, 0.1) is 0 Å². The molecule has 0 bridgehead atoms. The summed E-state index contributed by atoms with van der Waals surface area (Å²) in [5, 5.41) is 5.38. The standard InChI is InChI=1S/C28H22Cl2N8O2/c29-18-6-8-23(38-15-25(30)35-36-38)19(13-18)22-14-27(39)37(16-32-22)24(12-17-4-2-1-3-5-17)28(40)34-26-9-7-20-21(33-26)10-11-31-20/h1-11,13-16,24,31,35-36H,12H2,(H,33,34,40)/t24-/m0/s1. The average molecular weight is 573 g/mol. The second kappa shape index (κ2) is 10.9. The van der Waals surface area contributed by atoms with Crippen LogP contribution in [-0.2, 0) is 11.2 Å². The lowest BCUT2D eigenvalue weighted by Gasteiger charge is -2.21. The Morgan fingerprint density at radius 2 is 1.88 bits per heavy atom. The predicted molar refractivity (Wildman–Crippen MR) is 156 cm³/mol. The maximum Gasteiger partial charge on any atom is 0.254 e. The van der Waals surface area contributed by atoms with Crippen molar-refractivity contribution in [1.82, 2.24) is 30.5 Å². The molecule has 0 saturated heterocycles. The van der Waals surface area contributed by atoms with E-state index in [1.165, 1.54) is 17.0 Å². The van der Waals surface area contributed by atoms with Gasteiger partial charge >= 0.3 is 0 Å². The average Bonchev–Trinajstić information content (AvgIpc) is 3.61. The van der Waals surface area contributed by atoms with Crippen molar-refractivity contribution in [2.45, 2.75) is 12.5 Å². The molecule has 4 heterocycles. The summed E-state index contributed by atoms with van der Waals surface area (Å²) in [6.45, 7) is 0. The molecule has 6 rings (SSSR count). The summed E-state index contributed by atoms with van der Waals surface area (Å²) in [7, 11) is 0. The van der Waals surface area contributed by atoms with Crippen molar-refractivity contribution >= 4 is 51.6 Å². The number of hydrogen-bond acceptors (Lipinski definition) is 7. The van der Waals surface area contributed by atoms with Crippen molar-refractivity contribution in [1.29, 1.82) is 0 Å². The summed E-state index contributed by atoms with van der Waals surface area (Å²) >= 11 is 12.3. The van der Waals surface area contributed by atoms with E-state index < -0.39 is 17.5 Å². The van der Waals surface area contributed by atoms with Crippen molar-refractivity contribution in [3.8, 4) is 11.3 Å². The van der Waals surface area contributed by atoms with E-state index in [0.717, 1.165) is 16.6 Å². The maximum absolute atomic E-state index is 13.6. The van der Waals surface area contributed by atoms with Crippen LogP contribution in [0.25, 0.3) is 22.3 Å². The molecule has 10 nitrogen and oxygen atoms in total. The van der Waals surface area contributed by atoms with E-state index in [2.05, 4.69) is 31.2 Å². The number of hydrogen-bond donors (Lipinski definition) is 4. The van der Waals surface area contributed by atoms with Gasteiger partial charge < -0.3 is 10.3 Å². The number of H-pyrrole nitrogens is 1. The molecule has 0 saturated carbocycles. The summed E-state index contributed by atoms with van der Waals surface area (Å²) in [5.41, 5.74) is 9.42. The minimum Gasteiger partial charge on any atom is -0.360 e. The van der Waals surface area contributed by atoms with Crippen LogP contribution < -0.4 is 26.8 Å². The number of carbonyl (C=O) groups excluding carboxylic acids is 1. The molecule has 1 amide bonds. The van der Waals surface area contributed by atoms with Gasteiger partial charge in [-0.3, -0.25) is 24.6 Å². The third-order valence-corrected chi connectivity index (χ3v) is 6.86. The van der Waals surface area contributed by atoms with Crippen LogP contribution >= 0.6 is 23.2 Å². The Hall–Kier alpha value is -4.64. The molecule has 1 aliphatic rings. The molecule has 200 valence electrons. The van der Waals surface area contributed by atoms with Crippen molar-refractivity contribution < 1.29 is 4.79 Å². The highest BCUT2D eigenvalue weighted by Crippen LogP contribution is 2.32. The van der Waals surface area contributed by atoms with E-state index in [9.17, 15) is 9.59 Å². The molecular weight excluding hydrogens is 551 g/mol. The van der Waals surface area contributed by atoms with Gasteiger partial charge in [-0.2, -0.15) is 0 Å². The normalized spacial score (nSPS) is 13.7. The monoisotopic (exact) mass is 572 g/mol. The topological polar surface area (TPSA) is 120 Å². The maximum atomic E-state index is 13.6. The number of aromatic nitrogens is 4. The number of nitrogens with zero attached hydrogens (tertiary/aromatic N) is 4. The molecule has 40 heavy (non-hydrogen) atoms. The van der Waals surface area contributed by atoms with Crippen LogP contribution in [0.1, 0.15) is 11.6 Å². The van der Waals surface area contributed by atoms with Crippen molar-refractivity contribution in [2.24, 2.45) is 0 Å². The fourth-order valence-electron chi connectivity index (χ4n) is 4.50. The number of anilines is 2. The Kier molecular flexibility index (Phi) is 6.95. The molecule has 0 spiro atoms. The SMILES string of the molecule is O=C(Nc1ccc2[nH]ccc2n1)[C@H](Cc1ccccc1)n1cnc(-c2cc(Cl)ccc2N2C=C(Cl)NN2)cc1=O. The molecule has 0 radical (unpaired) electrons. The molecular formula is C28H22Cl2N8O2. The zero-order valence-corrected chi connectivity index (χ0v) is 22.3. The minimum absolute atomic E-state index is 0.273. The lowest BCUT2D eigenvalue weighted by molar-refractivity contribution is -0.119. The number of hydrazine groups is 2. The number of nitrogens with one attached hydrogen (secondary N) is 4. The zero-order chi connectivity index (χ0) is 27.6. The number of aromatic amines is 1. The Labute approximate surface area is 238 Å². The van der Waals surface area contributed by atoms with Gasteiger partial charge in [0.15, 0.2) is 0 Å². The largest absolute Gasteiger partial charge is 0.360 e. The molecule has 2 aromatic carbocycles. The number of carbonyl (C=O) groups is 1. The number of fused-ring (bicyclic) bond motifs is 1. The lowest BCUT2D eigenvalue weighted by Crippen LogP contribution is -2.36. The Bertz CT molecular complexity index is 1800. The molecule has 3 aromatic heterocycles. The predicted octanol–water partition coefficient (Wildman–Crippen LogP) is 4.73. The third-order valence-electron chi connectivity index (χ3n) is 6.43. The molecule has 0 fully saturated rings. The molecule has 1 aliphatic heterocycles. The molecule has 12 heteroatoms. The molecule has 5 aromatic rings. The van der Waals surface area contributed by atoms with Crippen LogP contribution in [0.2, 0.25) is 5.02 Å². The fourth-order valence-corrected chi connectivity index (χ4v) is 4.82. The van der Waals surface area contributed by atoms with E-state index in [0.29, 0.717) is 32.9 Å². The lowest BCUT2D eigenvalue weighted by atomic mass is 10.0. The van der Waals surface area contributed by atoms with Gasteiger partial charge in [0.05, 0.1) is 34.9 Å². The van der Waals surface area contributed by atoms with Gasteiger partial charge in [0.2, 0.25) is 5.91 Å². The quantitative estimate of drug-likeness (QED) is 0.208. The number of halogens is 2. The first-order valence-corrected chi connectivity index (χ1v) is 13.1. The van der Waals surface area contributed by atoms with Crippen molar-refractivity contribution in [2.75, 3.05) is 10.3 Å². The first-order chi connectivity index (χ1) is 19.4. The second-order valence-electron chi connectivity index (χ2n) is 9.07. The van der Waals surface area contributed by atoms with Crippen molar-refractivity contribution in [3.63, 3.8) is 0 Å². The second-order valence-corrected chi connectivity index (χ2v) is 9.91. The highest BCUT2D eigenvalue weighted by molar-refractivity contribution is 6.31. The summed E-state index contributed by atoms with van der Waals surface area (Å²) in [5.74, 6) is -0.00625. The number of benzene rings is 2. The number of pyridine rings is 1. The summed E-state index contributed by atoms with van der Waals surface area (Å²) in [6, 6.07) is 20.6. The number of rotatable bonds is 7. The van der Waals surface area contributed by atoms with Gasteiger partial charge in [0.25, 0.3) is 5.56 Å². The van der Waals surface area contributed by atoms with Gasteiger partial charge in [-0.05, 0) is 42.0 Å². The summed E-state index contributed by atoms with van der Waals surface area (Å²) < 4.78 is 1.33. The van der Waals surface area contributed by atoms with E-state index >= 15 is 0 Å². The molecule has 1 atom stereocenters. The van der Waals surface area contributed by atoms with Crippen LogP contribution in [0.5, 0.6) is 0 Å². The first-order valence-electron chi connectivity index (χ1n) is 12.3. The Morgan fingerprint density at radius 3 is 2.65 bits per heavy atom. The van der Waals surface area contributed by atoms with E-state index in [4.69, 9.17) is 23.2 Å². The zero-order valence-electron chi connectivity index (χ0n) is 20.8. The molecule has 0 unspecified atom stereocenters. The van der Waals surface area contributed by atoms with Crippen LogP contribution in [0.3, 0.4) is 0 Å². The molecule has 0 aliphatic carbocycles. The first kappa shape index (κ1) is 25.6. The highest BCUT2D eigenvalue weighted by atomic mass is 35.5. The summed E-state index contributed by atoms with van der Waals surface area (Å²) in [6.07, 6.45) is 5.08. The van der Waals surface area contributed by atoms with Gasteiger partial charge in [-0.25, -0.2) is 9.97 Å². The smallest absolute Gasteiger partial charge is 0.254 e. The summed E-state index contributed by atoms with van der Waals surface area (Å²) in [4.78, 5) is 39.3. The van der Waals surface area contributed by atoms with Gasteiger partial charge in [0, 0.05) is 29.3 Å². The van der Waals surface area contributed by atoms with Gasteiger partial charge in [-0.15, -0.1) is 5.53 Å². The highest BCUT2D eigenvalue weighted by Gasteiger charge is 2.24. The van der Waals surface area contributed by atoms with Gasteiger partial charge in [0.1, 0.15) is 17.0 Å². The van der Waals surface area contributed by atoms with E-state index in [-0.39, 0.29) is 6.42 Å². The fraction of sp³-hybridized carbons (Fsp3) is 0.0714. The van der Waals surface area contributed by atoms with Crippen LogP contribution in [0.4, 0.5) is 11.5 Å². The Balaban J connectivity index is 1.36. The van der Waals surface area contributed by atoms with Crippen LogP contribution in [-0.4, -0.2) is 25.4 Å². The third kappa shape index (κ3) is 5.28. The minimum atomic E-state index is -0.884. The van der Waals surface area contributed by atoms with Crippen molar-refractivity contribution in [3.05, 3.63) is 118 Å². The van der Waals surface area contributed by atoms with E-state index in [1.54, 1.807) is 41.7 Å². The van der Waals surface area contributed by atoms with Crippen LogP contribution in [0.15, 0.2) is 101 Å². The molecule has 4 N–H and O–H groups in total. The Morgan fingerprint density at radius 1 is 1.02 bits per heavy atom.